The number of aliphatic imine (C=N–C) groups is 1. The van der Waals surface area contributed by atoms with Crippen molar-refractivity contribution in [3.8, 4) is 0 Å². The fourth-order valence-corrected chi connectivity index (χ4v) is 2.27. The molecule has 3 rings (SSSR count). The summed E-state index contributed by atoms with van der Waals surface area (Å²) in [5.41, 5.74) is 1.12. The molecule has 1 aliphatic carbocycles. The van der Waals surface area contributed by atoms with Crippen LogP contribution < -0.4 is 0 Å². The molecule has 106 valence electrons. The second-order valence-electron chi connectivity index (χ2n) is 4.87. The third kappa shape index (κ3) is 2.18. The molecule has 0 spiro atoms. The maximum atomic E-state index is 12.9. The van der Waals surface area contributed by atoms with Gasteiger partial charge in [-0.1, -0.05) is 11.6 Å². The molecule has 0 atom stereocenters. The van der Waals surface area contributed by atoms with E-state index in [1.807, 2.05) is 0 Å². The molecular formula is C13H11ClF3N3. The molecule has 1 saturated carbocycles. The van der Waals surface area contributed by atoms with Crippen molar-refractivity contribution in [3.05, 3.63) is 34.7 Å². The van der Waals surface area contributed by atoms with Gasteiger partial charge in [-0.15, -0.1) is 0 Å². The van der Waals surface area contributed by atoms with Crippen molar-refractivity contribution in [1.82, 2.24) is 5.01 Å². The number of hydrogen-bond acceptors (Lipinski definition) is 3. The molecule has 0 saturated heterocycles. The molecule has 0 aromatic rings. The van der Waals surface area contributed by atoms with Crippen molar-refractivity contribution in [2.24, 2.45) is 10.1 Å². The number of hydrogen-bond donors (Lipinski definition) is 0. The van der Waals surface area contributed by atoms with Crippen molar-refractivity contribution in [2.45, 2.75) is 32.4 Å². The van der Waals surface area contributed by atoms with E-state index in [4.69, 9.17) is 11.6 Å². The van der Waals surface area contributed by atoms with Gasteiger partial charge < -0.3 is 0 Å². The average Bonchev–Trinajstić information content (AvgIpc) is 2.27. The molecule has 20 heavy (non-hydrogen) atoms. The summed E-state index contributed by atoms with van der Waals surface area (Å²) in [5, 5.41) is 5.80. The Labute approximate surface area is 118 Å². The van der Waals surface area contributed by atoms with Crippen LogP contribution in [0.4, 0.5) is 13.2 Å². The van der Waals surface area contributed by atoms with Crippen LogP contribution in [0.5, 0.6) is 0 Å². The van der Waals surface area contributed by atoms with Gasteiger partial charge in [-0.2, -0.15) is 18.3 Å². The van der Waals surface area contributed by atoms with Gasteiger partial charge in [-0.05, 0) is 49.5 Å². The van der Waals surface area contributed by atoms with E-state index in [2.05, 4.69) is 10.1 Å². The van der Waals surface area contributed by atoms with Crippen molar-refractivity contribution < 1.29 is 13.2 Å². The van der Waals surface area contributed by atoms with Crippen LogP contribution in [0.25, 0.3) is 0 Å². The normalized spacial score (nSPS) is 22.6. The number of hydrazone groups is 1. The number of halogens is 4. The first-order chi connectivity index (χ1) is 9.36. The lowest BCUT2D eigenvalue weighted by molar-refractivity contribution is -0.0927. The lowest BCUT2D eigenvalue weighted by Gasteiger charge is -2.32. The van der Waals surface area contributed by atoms with Crippen molar-refractivity contribution in [3.63, 3.8) is 0 Å². The Morgan fingerprint density at radius 3 is 2.50 bits per heavy atom. The molecule has 2 aliphatic heterocycles. The van der Waals surface area contributed by atoms with Gasteiger partial charge in [0.05, 0.1) is 5.70 Å². The minimum atomic E-state index is -4.47. The zero-order valence-corrected chi connectivity index (χ0v) is 11.4. The monoisotopic (exact) mass is 301 g/mol. The molecular weight excluding hydrogens is 291 g/mol. The van der Waals surface area contributed by atoms with E-state index < -0.39 is 11.9 Å². The van der Waals surface area contributed by atoms with Gasteiger partial charge in [-0.25, -0.2) is 10.0 Å². The molecule has 0 N–H and O–H groups in total. The van der Waals surface area contributed by atoms with Gasteiger partial charge in [0.2, 0.25) is 0 Å². The predicted molar refractivity (Wildman–Crippen MR) is 71.3 cm³/mol. The van der Waals surface area contributed by atoms with Crippen LogP contribution in [-0.4, -0.2) is 22.2 Å². The first-order valence-corrected chi connectivity index (χ1v) is 6.56. The predicted octanol–water partition coefficient (Wildman–Crippen LogP) is 4.10. The zero-order valence-electron chi connectivity index (χ0n) is 10.6. The Balaban J connectivity index is 2.12. The van der Waals surface area contributed by atoms with Gasteiger partial charge in [0.15, 0.2) is 11.0 Å². The van der Waals surface area contributed by atoms with Crippen molar-refractivity contribution >= 4 is 22.6 Å². The van der Waals surface area contributed by atoms with Gasteiger partial charge in [0.25, 0.3) is 0 Å². The molecule has 1 fully saturated rings. The Bertz CT molecular complexity index is 617. The summed E-state index contributed by atoms with van der Waals surface area (Å²) in [7, 11) is 0. The highest BCUT2D eigenvalue weighted by Crippen LogP contribution is 2.38. The summed E-state index contributed by atoms with van der Waals surface area (Å²) in [6.45, 7) is 1.69. The lowest BCUT2D eigenvalue weighted by Crippen LogP contribution is -2.33. The number of nitrogens with zero attached hydrogens (tertiary/aromatic N) is 3. The number of rotatable bonds is 0. The summed E-state index contributed by atoms with van der Waals surface area (Å²) >= 11 is 5.96. The third-order valence-corrected chi connectivity index (χ3v) is 3.80. The largest absolute Gasteiger partial charge is 0.433 e. The van der Waals surface area contributed by atoms with Crippen molar-refractivity contribution in [2.75, 3.05) is 0 Å². The molecule has 0 unspecified atom stereocenters. The van der Waals surface area contributed by atoms with E-state index in [-0.39, 0.29) is 11.0 Å². The van der Waals surface area contributed by atoms with Crippen LogP contribution in [-0.2, 0) is 0 Å². The number of alkyl halides is 3. The minimum Gasteiger partial charge on any atom is -0.224 e. The highest BCUT2D eigenvalue weighted by atomic mass is 35.5. The van der Waals surface area contributed by atoms with E-state index in [0.29, 0.717) is 11.3 Å². The Morgan fingerprint density at radius 2 is 1.95 bits per heavy atom. The molecule has 2 heterocycles. The fourth-order valence-electron chi connectivity index (χ4n) is 2.14. The highest BCUT2D eigenvalue weighted by Gasteiger charge is 2.39. The van der Waals surface area contributed by atoms with Crippen LogP contribution >= 0.6 is 11.6 Å². The molecule has 0 bridgehead atoms. The molecule has 0 radical (unpaired) electrons. The fraction of sp³-hybridized carbons (Fsp3) is 0.385. The van der Waals surface area contributed by atoms with Gasteiger partial charge in [0.1, 0.15) is 5.70 Å². The molecule has 0 amide bonds. The lowest BCUT2D eigenvalue weighted by atomic mass is 9.89. The number of amidine groups is 1. The third-order valence-electron chi connectivity index (χ3n) is 3.42. The summed E-state index contributed by atoms with van der Waals surface area (Å²) in [6.07, 6.45) is 0.669. The van der Waals surface area contributed by atoms with Crippen molar-refractivity contribution in [1.29, 1.82) is 0 Å². The van der Waals surface area contributed by atoms with Crippen LogP contribution in [0, 0.1) is 0 Å². The summed E-state index contributed by atoms with van der Waals surface area (Å²) in [4.78, 5) is 3.65. The smallest absolute Gasteiger partial charge is 0.224 e. The van der Waals surface area contributed by atoms with E-state index in [1.54, 1.807) is 6.92 Å². The topological polar surface area (TPSA) is 28.0 Å². The highest BCUT2D eigenvalue weighted by molar-refractivity contribution is 6.70. The second kappa shape index (κ2) is 4.48. The second-order valence-corrected chi connectivity index (χ2v) is 5.23. The van der Waals surface area contributed by atoms with E-state index in [0.717, 1.165) is 30.9 Å². The summed E-state index contributed by atoms with van der Waals surface area (Å²) < 4.78 is 38.8. The summed E-state index contributed by atoms with van der Waals surface area (Å²) in [5.74, 6) is 0.163. The first kappa shape index (κ1) is 13.4. The van der Waals surface area contributed by atoms with E-state index in [9.17, 15) is 13.2 Å². The molecule has 0 aromatic heterocycles. The SMILES string of the molecule is CC1=CC2=NC(C(F)(F)F)=CC(=C3CCC3)N2N=C1Cl. The Hall–Kier alpha value is -1.56. The van der Waals surface area contributed by atoms with Gasteiger partial charge in [0, 0.05) is 0 Å². The molecule has 3 nitrogen and oxygen atoms in total. The number of fused-ring (bicyclic) bond motifs is 1. The number of allylic oxidation sites excluding steroid dienone is 4. The van der Waals surface area contributed by atoms with Crippen LogP contribution in [0.1, 0.15) is 26.2 Å². The van der Waals surface area contributed by atoms with Crippen LogP contribution in [0.3, 0.4) is 0 Å². The minimum absolute atomic E-state index is 0.163. The quantitative estimate of drug-likeness (QED) is 0.662. The Morgan fingerprint density at radius 1 is 1.25 bits per heavy atom. The average molecular weight is 302 g/mol. The van der Waals surface area contributed by atoms with Crippen LogP contribution in [0.15, 0.2) is 44.8 Å². The maximum absolute atomic E-state index is 12.9. The zero-order chi connectivity index (χ0) is 14.5. The van der Waals surface area contributed by atoms with Gasteiger partial charge >= 0.3 is 6.18 Å². The Kier molecular flexibility index (Phi) is 3.01. The summed E-state index contributed by atoms with van der Waals surface area (Å²) in [6, 6.07) is 0. The maximum Gasteiger partial charge on any atom is 0.433 e. The molecule has 7 heteroatoms. The first-order valence-electron chi connectivity index (χ1n) is 6.19. The van der Waals surface area contributed by atoms with E-state index >= 15 is 0 Å². The van der Waals surface area contributed by atoms with Gasteiger partial charge in [-0.3, -0.25) is 0 Å². The standard InChI is InChI=1S/C13H11ClF3N3/c1-7-5-11-18-10(13(15,16)17)6-9(8-3-2-4-8)20(11)19-12(7)14/h5-6H,2-4H2,1H3. The van der Waals surface area contributed by atoms with E-state index in [1.165, 1.54) is 11.1 Å². The van der Waals surface area contributed by atoms with Crippen LogP contribution in [0.2, 0.25) is 0 Å². The molecule has 3 aliphatic rings. The molecule has 0 aromatic carbocycles.